The Morgan fingerprint density at radius 1 is 1.29 bits per heavy atom. The Labute approximate surface area is 119 Å². The molecule has 0 saturated heterocycles. The van der Waals surface area contributed by atoms with Crippen molar-refractivity contribution in [2.45, 2.75) is 6.92 Å². The van der Waals surface area contributed by atoms with Crippen molar-refractivity contribution in [3.63, 3.8) is 0 Å². The van der Waals surface area contributed by atoms with E-state index in [1.165, 1.54) is 23.5 Å². The summed E-state index contributed by atoms with van der Waals surface area (Å²) in [6.45, 7) is 1.90. The van der Waals surface area contributed by atoms with Gasteiger partial charge in [0.1, 0.15) is 5.82 Å². The molecule has 0 atom stereocenters. The molecule has 0 saturated carbocycles. The lowest BCUT2D eigenvalue weighted by molar-refractivity contribution is 0.103. The number of carbonyl (C=O) groups is 1. The van der Waals surface area contributed by atoms with Gasteiger partial charge in [0, 0.05) is 4.47 Å². The van der Waals surface area contributed by atoms with Crippen molar-refractivity contribution in [2.75, 3.05) is 0 Å². The number of ketones is 1. The van der Waals surface area contributed by atoms with Gasteiger partial charge in [-0.3, -0.25) is 4.79 Å². The molecule has 2 rings (SSSR count). The van der Waals surface area contributed by atoms with Gasteiger partial charge >= 0.3 is 0 Å². The van der Waals surface area contributed by atoms with E-state index in [-0.39, 0.29) is 11.3 Å². The van der Waals surface area contributed by atoms with Gasteiger partial charge in [-0.2, -0.15) is 0 Å². The molecule has 0 N–H and O–H groups in total. The highest BCUT2D eigenvalue weighted by atomic mass is 79.9. The van der Waals surface area contributed by atoms with Crippen LogP contribution < -0.4 is 0 Å². The van der Waals surface area contributed by atoms with Crippen LogP contribution in [0.5, 0.6) is 0 Å². The number of hydrogen-bond donors (Lipinski definition) is 0. The van der Waals surface area contributed by atoms with Crippen molar-refractivity contribution in [1.82, 2.24) is 0 Å². The zero-order valence-corrected chi connectivity index (χ0v) is 12.7. The van der Waals surface area contributed by atoms with E-state index in [1.54, 1.807) is 12.1 Å². The van der Waals surface area contributed by atoms with Crippen molar-refractivity contribution in [3.8, 4) is 0 Å². The highest BCUT2D eigenvalue weighted by molar-refractivity contribution is 9.11. The van der Waals surface area contributed by atoms with Gasteiger partial charge in [0.2, 0.25) is 5.78 Å². The highest BCUT2D eigenvalue weighted by Crippen LogP contribution is 2.29. The second-order valence-electron chi connectivity index (χ2n) is 3.52. The molecule has 0 aliphatic carbocycles. The lowest BCUT2D eigenvalue weighted by Gasteiger charge is -2.00. The fraction of sp³-hybridized carbons (Fsp3) is 0.0833. The number of rotatable bonds is 2. The molecule has 0 bridgehead atoms. The molecule has 2 aromatic rings. The van der Waals surface area contributed by atoms with Gasteiger partial charge in [0.15, 0.2) is 0 Å². The Hall–Kier alpha value is -0.520. The first kappa shape index (κ1) is 12.9. The SMILES string of the molecule is Cc1cc(C(=O)c2ccc(Br)cc2F)sc1Br. The molecule has 88 valence electrons. The molecule has 0 fully saturated rings. The Morgan fingerprint density at radius 3 is 2.53 bits per heavy atom. The maximum absolute atomic E-state index is 13.6. The van der Waals surface area contributed by atoms with Crippen LogP contribution in [-0.4, -0.2) is 5.78 Å². The third kappa shape index (κ3) is 2.67. The second-order valence-corrected chi connectivity index (χ2v) is 6.81. The molecule has 1 nitrogen and oxygen atoms in total. The van der Waals surface area contributed by atoms with Gasteiger partial charge in [0.25, 0.3) is 0 Å². The predicted octanol–water partition coefficient (Wildman–Crippen LogP) is 4.95. The van der Waals surface area contributed by atoms with Crippen LogP contribution >= 0.6 is 43.2 Å². The standard InChI is InChI=1S/C12H7Br2FOS/c1-6-4-10(17-12(6)14)11(16)8-3-2-7(13)5-9(8)15/h2-5H,1H3. The zero-order chi connectivity index (χ0) is 12.6. The smallest absolute Gasteiger partial charge is 0.205 e. The molecule has 0 aliphatic rings. The Morgan fingerprint density at radius 2 is 2.00 bits per heavy atom. The van der Waals surface area contributed by atoms with Gasteiger partial charge in [-0.15, -0.1) is 11.3 Å². The van der Waals surface area contributed by atoms with E-state index in [9.17, 15) is 9.18 Å². The van der Waals surface area contributed by atoms with E-state index in [1.807, 2.05) is 6.92 Å². The van der Waals surface area contributed by atoms with Crippen LogP contribution in [0.1, 0.15) is 20.8 Å². The van der Waals surface area contributed by atoms with Crippen LogP contribution in [0.3, 0.4) is 0 Å². The average Bonchev–Trinajstić information content (AvgIpc) is 2.58. The Balaban J connectivity index is 2.43. The summed E-state index contributed by atoms with van der Waals surface area (Å²) in [5.74, 6) is -0.791. The molecular weight excluding hydrogens is 371 g/mol. The number of aryl methyl sites for hydroxylation is 1. The lowest BCUT2D eigenvalue weighted by Crippen LogP contribution is -2.01. The first-order valence-corrected chi connectivity index (χ1v) is 7.15. The molecule has 0 radical (unpaired) electrons. The molecule has 0 aliphatic heterocycles. The van der Waals surface area contributed by atoms with Gasteiger partial charge in [-0.05, 0) is 52.7 Å². The van der Waals surface area contributed by atoms with Gasteiger partial charge in [-0.25, -0.2) is 4.39 Å². The van der Waals surface area contributed by atoms with Crippen molar-refractivity contribution in [2.24, 2.45) is 0 Å². The van der Waals surface area contributed by atoms with Gasteiger partial charge in [0.05, 0.1) is 14.2 Å². The minimum atomic E-state index is -0.508. The summed E-state index contributed by atoms with van der Waals surface area (Å²) >= 11 is 7.83. The molecule has 17 heavy (non-hydrogen) atoms. The molecule has 0 unspecified atom stereocenters. The zero-order valence-electron chi connectivity index (χ0n) is 8.76. The van der Waals surface area contributed by atoms with Gasteiger partial charge < -0.3 is 0 Å². The average molecular weight is 378 g/mol. The van der Waals surface area contributed by atoms with Crippen LogP contribution in [0.2, 0.25) is 0 Å². The molecule has 1 aromatic carbocycles. The summed E-state index contributed by atoms with van der Waals surface area (Å²) in [6, 6.07) is 6.21. The fourth-order valence-electron chi connectivity index (χ4n) is 1.38. The van der Waals surface area contributed by atoms with Crippen LogP contribution in [0, 0.1) is 12.7 Å². The van der Waals surface area contributed by atoms with E-state index < -0.39 is 5.82 Å². The molecule has 0 amide bonds. The third-order valence-electron chi connectivity index (χ3n) is 2.26. The predicted molar refractivity (Wildman–Crippen MR) is 74.3 cm³/mol. The van der Waals surface area contributed by atoms with Crippen LogP contribution in [0.25, 0.3) is 0 Å². The van der Waals surface area contributed by atoms with Crippen molar-refractivity contribution in [3.05, 3.63) is 54.3 Å². The Bertz CT molecular complexity index is 573. The largest absolute Gasteiger partial charge is 0.288 e. The summed E-state index contributed by atoms with van der Waals surface area (Å²) in [7, 11) is 0. The third-order valence-corrected chi connectivity index (χ3v) is 4.89. The maximum Gasteiger partial charge on any atom is 0.205 e. The highest BCUT2D eigenvalue weighted by Gasteiger charge is 2.17. The van der Waals surface area contributed by atoms with Crippen molar-refractivity contribution >= 4 is 49.0 Å². The number of carbonyl (C=O) groups excluding carboxylic acids is 1. The lowest BCUT2D eigenvalue weighted by atomic mass is 10.1. The topological polar surface area (TPSA) is 17.1 Å². The number of benzene rings is 1. The van der Waals surface area contributed by atoms with Crippen LogP contribution in [0.15, 0.2) is 32.5 Å². The second kappa shape index (κ2) is 5.00. The first-order chi connectivity index (χ1) is 7.99. The first-order valence-electron chi connectivity index (χ1n) is 4.74. The number of halogens is 3. The number of hydrogen-bond acceptors (Lipinski definition) is 2. The van der Waals surface area contributed by atoms with E-state index in [0.717, 1.165) is 9.35 Å². The monoisotopic (exact) mass is 376 g/mol. The van der Waals surface area contributed by atoms with E-state index >= 15 is 0 Å². The van der Waals surface area contributed by atoms with Crippen molar-refractivity contribution < 1.29 is 9.18 Å². The van der Waals surface area contributed by atoms with E-state index in [2.05, 4.69) is 31.9 Å². The van der Waals surface area contributed by atoms with E-state index in [4.69, 9.17) is 0 Å². The summed E-state index contributed by atoms with van der Waals surface area (Å²) in [4.78, 5) is 12.6. The number of thiophene rings is 1. The Kier molecular flexibility index (Phi) is 3.80. The van der Waals surface area contributed by atoms with Gasteiger partial charge in [-0.1, -0.05) is 15.9 Å². The quantitative estimate of drug-likeness (QED) is 0.676. The molecule has 5 heteroatoms. The summed E-state index contributed by atoms with van der Waals surface area (Å²) in [5, 5.41) is 0. The minimum absolute atomic E-state index is 0.0990. The summed E-state index contributed by atoms with van der Waals surface area (Å²) in [6.07, 6.45) is 0. The van der Waals surface area contributed by atoms with Crippen LogP contribution in [-0.2, 0) is 0 Å². The molecule has 0 spiro atoms. The minimum Gasteiger partial charge on any atom is -0.288 e. The summed E-state index contributed by atoms with van der Waals surface area (Å²) < 4.78 is 15.2. The fourth-order valence-corrected chi connectivity index (χ4v) is 3.20. The molecule has 1 aromatic heterocycles. The maximum atomic E-state index is 13.6. The summed E-state index contributed by atoms with van der Waals surface area (Å²) in [5.41, 5.74) is 1.08. The molecule has 1 heterocycles. The van der Waals surface area contributed by atoms with Crippen molar-refractivity contribution in [1.29, 1.82) is 0 Å². The molecular formula is C12H7Br2FOS. The van der Waals surface area contributed by atoms with E-state index in [0.29, 0.717) is 9.35 Å². The van der Waals surface area contributed by atoms with Crippen LogP contribution in [0.4, 0.5) is 4.39 Å². The normalized spacial score (nSPS) is 10.6.